The van der Waals surface area contributed by atoms with E-state index < -0.39 is 15.9 Å². The largest absolute Gasteiger partial charge is 1.00 e. The van der Waals surface area contributed by atoms with E-state index in [4.69, 9.17) is 9.29 Å². The van der Waals surface area contributed by atoms with Crippen molar-refractivity contribution in [3.05, 3.63) is 54.6 Å². The first-order chi connectivity index (χ1) is 19.9. The standard InChI is InChI=1S/C32H49N3O5S.Na/c1-2-30(40-31-24-22-29(23-25-31)35-34-28-18-14-13-15-19-28)20-16-11-9-7-5-3-4-6-8-10-12-17-21-32(36)33-26-27-41(37,38)39;/h13-15,18-19,22-25,30H,2-12,16-17,20-21,26-27H2,1H3,(H,33,36)(H,37,38,39);/q;+1/p-1. The summed E-state index contributed by atoms with van der Waals surface area (Å²) >= 11 is 0. The first-order valence-electron chi connectivity index (χ1n) is 15.2. The van der Waals surface area contributed by atoms with Crippen LogP contribution in [0.4, 0.5) is 11.4 Å². The van der Waals surface area contributed by atoms with Gasteiger partial charge in [-0.05, 0) is 74.4 Å². The second kappa shape index (κ2) is 23.6. The summed E-state index contributed by atoms with van der Waals surface area (Å²) in [7, 11) is -4.05. The number of azo groups is 1. The van der Waals surface area contributed by atoms with E-state index in [0.29, 0.717) is 6.42 Å². The predicted molar refractivity (Wildman–Crippen MR) is 165 cm³/mol. The van der Waals surface area contributed by atoms with E-state index in [9.17, 15) is 13.5 Å². The van der Waals surface area contributed by atoms with Crippen molar-refractivity contribution in [1.29, 1.82) is 0 Å². The van der Waals surface area contributed by atoms with Crippen molar-refractivity contribution < 1.29 is 52.4 Å². The fourth-order valence-corrected chi connectivity index (χ4v) is 4.84. The van der Waals surface area contributed by atoms with Gasteiger partial charge < -0.3 is 14.8 Å². The van der Waals surface area contributed by atoms with Crippen LogP contribution in [0.5, 0.6) is 5.75 Å². The fraction of sp³-hybridized carbons (Fsp3) is 0.594. The second-order valence-corrected chi connectivity index (χ2v) is 12.1. The van der Waals surface area contributed by atoms with Crippen LogP contribution in [0.2, 0.25) is 0 Å². The number of ether oxygens (including phenoxy) is 1. The third kappa shape index (κ3) is 20.2. The van der Waals surface area contributed by atoms with Crippen molar-refractivity contribution in [1.82, 2.24) is 0 Å². The molecule has 0 fully saturated rings. The van der Waals surface area contributed by atoms with E-state index in [1.54, 1.807) is 0 Å². The number of nitrogens with zero attached hydrogens (tertiary/aromatic N) is 3. The molecule has 0 saturated heterocycles. The summed E-state index contributed by atoms with van der Waals surface area (Å²) in [6, 6.07) is 17.5. The third-order valence-corrected chi connectivity index (χ3v) is 7.63. The number of rotatable bonds is 23. The molecule has 10 heteroatoms. The van der Waals surface area contributed by atoms with E-state index in [1.807, 2.05) is 54.6 Å². The van der Waals surface area contributed by atoms with Crippen LogP contribution in [0.3, 0.4) is 0 Å². The summed E-state index contributed by atoms with van der Waals surface area (Å²) in [6.07, 6.45) is 16.8. The van der Waals surface area contributed by atoms with Crippen molar-refractivity contribution >= 4 is 27.4 Å². The van der Waals surface area contributed by atoms with Gasteiger partial charge in [0.15, 0.2) is 0 Å². The third-order valence-electron chi connectivity index (χ3n) is 6.94. The molecule has 2 aromatic rings. The molecule has 0 aliphatic heterocycles. The van der Waals surface area contributed by atoms with Gasteiger partial charge in [-0.1, -0.05) is 89.3 Å². The quantitative estimate of drug-likeness (QED) is 0.0453. The van der Waals surface area contributed by atoms with Gasteiger partial charge in [-0.25, -0.2) is 0 Å². The van der Waals surface area contributed by atoms with Gasteiger partial charge in [0.05, 0.1) is 29.8 Å². The van der Waals surface area contributed by atoms with Crippen LogP contribution in [-0.2, 0) is 10.1 Å². The normalized spacial score (nSPS) is 12.8. The van der Waals surface area contributed by atoms with E-state index in [-0.39, 0.29) is 48.1 Å². The molecule has 0 aromatic heterocycles. The Hall–Kier alpha value is -1.78. The second-order valence-electron chi connectivity index (χ2n) is 10.5. The Labute approximate surface area is 275 Å². The molecule has 0 amide bonds. The van der Waals surface area contributed by atoms with E-state index >= 15 is 0 Å². The van der Waals surface area contributed by atoms with Crippen LogP contribution >= 0.6 is 0 Å². The maximum Gasteiger partial charge on any atom is 1.00 e. The minimum atomic E-state index is -4.05. The number of hydrogen-bond donors (Lipinski definition) is 1. The SMILES string of the molecule is CCC(CCCCCCCCCCCCCCC([O-])=NCCS(=O)(=O)O)Oc1ccc(N=Nc2ccccc2)cc1.[Na+]. The molecule has 0 saturated carbocycles. The summed E-state index contributed by atoms with van der Waals surface area (Å²) in [5, 5.41) is 20.1. The Balaban J connectivity index is 0.00000882. The Bertz CT molecular complexity index is 1110. The van der Waals surface area contributed by atoms with Gasteiger partial charge in [0.2, 0.25) is 0 Å². The summed E-state index contributed by atoms with van der Waals surface area (Å²) in [6.45, 7) is 2.02. The predicted octanol–water partition coefficient (Wildman–Crippen LogP) is 5.37. The number of aliphatic imine (C=N–C) groups is 1. The molecule has 1 N–H and O–H groups in total. The van der Waals surface area contributed by atoms with E-state index in [0.717, 1.165) is 49.2 Å². The average Bonchev–Trinajstić information content (AvgIpc) is 2.96. The van der Waals surface area contributed by atoms with Crippen molar-refractivity contribution in [2.75, 3.05) is 12.3 Å². The van der Waals surface area contributed by atoms with Crippen molar-refractivity contribution in [2.45, 2.75) is 109 Å². The van der Waals surface area contributed by atoms with Gasteiger partial charge in [0, 0.05) is 0 Å². The molecular weight excluding hydrogens is 561 g/mol. The van der Waals surface area contributed by atoms with Crippen LogP contribution in [0, 0.1) is 0 Å². The monoisotopic (exact) mass is 609 g/mol. The summed E-state index contributed by atoms with van der Waals surface area (Å²) in [4.78, 5) is 3.66. The molecule has 0 aliphatic carbocycles. The van der Waals surface area contributed by atoms with Gasteiger partial charge in [0.1, 0.15) is 5.75 Å². The van der Waals surface area contributed by atoms with Crippen molar-refractivity contribution in [2.24, 2.45) is 15.2 Å². The molecule has 0 radical (unpaired) electrons. The molecule has 2 rings (SSSR count). The topological polar surface area (TPSA) is 124 Å². The van der Waals surface area contributed by atoms with Crippen LogP contribution in [0.25, 0.3) is 0 Å². The van der Waals surface area contributed by atoms with Crippen molar-refractivity contribution in [3.8, 4) is 5.75 Å². The Kier molecular flexibility index (Phi) is 21.5. The molecule has 1 unspecified atom stereocenters. The number of benzene rings is 2. The van der Waals surface area contributed by atoms with Gasteiger partial charge in [0.25, 0.3) is 10.1 Å². The van der Waals surface area contributed by atoms with E-state index in [2.05, 4.69) is 22.1 Å². The molecule has 0 bridgehead atoms. The van der Waals surface area contributed by atoms with Gasteiger partial charge >= 0.3 is 29.6 Å². The first-order valence-corrected chi connectivity index (χ1v) is 16.9. The molecule has 8 nitrogen and oxygen atoms in total. The maximum atomic E-state index is 11.6. The molecule has 42 heavy (non-hydrogen) atoms. The van der Waals surface area contributed by atoms with E-state index in [1.165, 1.54) is 57.8 Å². The minimum absolute atomic E-state index is 0. The molecule has 0 aliphatic rings. The summed E-state index contributed by atoms with van der Waals surface area (Å²) < 4.78 is 36.0. The molecule has 0 heterocycles. The zero-order valence-electron chi connectivity index (χ0n) is 25.6. The fourth-order valence-electron chi connectivity index (χ4n) is 4.52. The zero-order valence-corrected chi connectivity index (χ0v) is 28.4. The maximum absolute atomic E-state index is 11.6. The van der Waals surface area contributed by atoms with Gasteiger partial charge in [-0.15, -0.1) is 0 Å². The molecular formula is C32H48N3NaO5S. The molecule has 1 atom stereocenters. The number of hydrogen-bond acceptors (Lipinski definition) is 7. The zero-order chi connectivity index (χ0) is 29.6. The summed E-state index contributed by atoms with van der Waals surface area (Å²) in [5.41, 5.74) is 1.65. The smallest absolute Gasteiger partial charge is 0.862 e. The average molecular weight is 610 g/mol. The summed E-state index contributed by atoms with van der Waals surface area (Å²) in [5.74, 6) is 0.113. The van der Waals surface area contributed by atoms with Crippen LogP contribution < -0.4 is 39.4 Å². The number of unbranched alkanes of at least 4 members (excludes halogenated alkanes) is 11. The van der Waals surface area contributed by atoms with Crippen LogP contribution in [0.15, 0.2) is 69.8 Å². The Morgan fingerprint density at radius 2 is 1.29 bits per heavy atom. The minimum Gasteiger partial charge on any atom is -0.862 e. The Morgan fingerprint density at radius 1 is 0.786 bits per heavy atom. The first kappa shape index (κ1) is 38.2. The molecule has 2 aromatic carbocycles. The molecule has 228 valence electrons. The van der Waals surface area contributed by atoms with Crippen molar-refractivity contribution in [3.63, 3.8) is 0 Å². The Morgan fingerprint density at radius 3 is 1.81 bits per heavy atom. The van der Waals surface area contributed by atoms with Crippen LogP contribution in [-0.4, -0.2) is 37.3 Å². The van der Waals surface area contributed by atoms with Crippen LogP contribution in [0.1, 0.15) is 103 Å². The van der Waals surface area contributed by atoms with Gasteiger partial charge in [-0.2, -0.15) is 18.6 Å². The van der Waals surface area contributed by atoms with Gasteiger partial charge in [-0.3, -0.25) is 4.55 Å². The molecule has 0 spiro atoms.